The van der Waals surface area contributed by atoms with Crippen molar-refractivity contribution in [1.82, 2.24) is 4.90 Å². The van der Waals surface area contributed by atoms with Crippen LogP contribution >= 0.6 is 11.3 Å². The molecule has 15 heavy (non-hydrogen) atoms. The summed E-state index contributed by atoms with van der Waals surface area (Å²) in [4.78, 5) is 14.3. The highest BCUT2D eigenvalue weighted by Gasteiger charge is 2.36. The molecule has 1 aliphatic rings. The number of rotatable bonds is 3. The molecular weight excluding hydrogens is 210 g/mol. The molecule has 0 amide bonds. The number of nitrogens with zero attached hydrogens (tertiary/aromatic N) is 1. The van der Waals surface area contributed by atoms with Gasteiger partial charge in [-0.3, -0.25) is 9.69 Å². The van der Waals surface area contributed by atoms with Crippen LogP contribution < -0.4 is 0 Å². The molecule has 1 atom stereocenters. The van der Waals surface area contributed by atoms with Gasteiger partial charge in [0.2, 0.25) is 0 Å². The molecule has 0 aromatic carbocycles. The van der Waals surface area contributed by atoms with Crippen LogP contribution in [0.2, 0.25) is 0 Å². The SMILES string of the molecule is Cc1ccsc1C(C)N1CC(C(=O)O)C1. The van der Waals surface area contributed by atoms with Crippen LogP contribution in [0.3, 0.4) is 0 Å². The van der Waals surface area contributed by atoms with Gasteiger partial charge >= 0.3 is 5.97 Å². The van der Waals surface area contributed by atoms with Gasteiger partial charge in [0, 0.05) is 24.0 Å². The monoisotopic (exact) mass is 225 g/mol. The smallest absolute Gasteiger partial charge is 0.309 e. The van der Waals surface area contributed by atoms with E-state index in [2.05, 4.69) is 30.2 Å². The Morgan fingerprint density at radius 1 is 1.67 bits per heavy atom. The van der Waals surface area contributed by atoms with Gasteiger partial charge in [-0.2, -0.15) is 0 Å². The molecule has 82 valence electrons. The zero-order valence-electron chi connectivity index (χ0n) is 8.93. The van der Waals surface area contributed by atoms with E-state index < -0.39 is 5.97 Å². The first kappa shape index (κ1) is 10.6. The molecule has 0 bridgehead atoms. The Bertz CT molecular complexity index is 368. The predicted octanol–water partition coefficient (Wildman–Crippen LogP) is 2.13. The first-order valence-corrected chi connectivity index (χ1v) is 5.98. The van der Waals surface area contributed by atoms with Gasteiger partial charge in [0.1, 0.15) is 0 Å². The average Bonchev–Trinajstić information content (AvgIpc) is 2.47. The molecule has 0 spiro atoms. The van der Waals surface area contributed by atoms with E-state index in [0.29, 0.717) is 19.1 Å². The second-order valence-electron chi connectivity index (χ2n) is 4.13. The van der Waals surface area contributed by atoms with E-state index in [-0.39, 0.29) is 5.92 Å². The van der Waals surface area contributed by atoms with Crippen LogP contribution in [0, 0.1) is 12.8 Å². The maximum Gasteiger partial charge on any atom is 0.309 e. The fourth-order valence-corrected chi connectivity index (χ4v) is 2.98. The van der Waals surface area contributed by atoms with E-state index in [9.17, 15) is 4.79 Å². The number of hydrogen-bond donors (Lipinski definition) is 1. The third kappa shape index (κ3) is 1.92. The molecular formula is C11H15NO2S. The highest BCUT2D eigenvalue weighted by atomic mass is 32.1. The maximum atomic E-state index is 10.7. The lowest BCUT2D eigenvalue weighted by Gasteiger charge is -2.40. The van der Waals surface area contributed by atoms with Crippen molar-refractivity contribution < 1.29 is 9.90 Å². The number of aliphatic carboxylic acids is 1. The zero-order valence-corrected chi connectivity index (χ0v) is 9.75. The van der Waals surface area contributed by atoms with Crippen molar-refractivity contribution in [3.05, 3.63) is 21.9 Å². The van der Waals surface area contributed by atoms with E-state index in [1.807, 2.05) is 0 Å². The Kier molecular flexibility index (Phi) is 2.80. The van der Waals surface area contributed by atoms with Crippen LogP contribution in [0.25, 0.3) is 0 Å². The minimum atomic E-state index is -0.665. The quantitative estimate of drug-likeness (QED) is 0.856. The van der Waals surface area contributed by atoms with E-state index >= 15 is 0 Å². The van der Waals surface area contributed by atoms with Crippen molar-refractivity contribution in [3.8, 4) is 0 Å². The van der Waals surface area contributed by atoms with Crippen molar-refractivity contribution in [1.29, 1.82) is 0 Å². The van der Waals surface area contributed by atoms with Gasteiger partial charge < -0.3 is 5.11 Å². The molecule has 1 saturated heterocycles. The lowest BCUT2D eigenvalue weighted by atomic mass is 9.97. The summed E-state index contributed by atoms with van der Waals surface area (Å²) in [5.41, 5.74) is 1.31. The van der Waals surface area contributed by atoms with E-state index in [1.54, 1.807) is 11.3 Å². The Morgan fingerprint density at radius 2 is 2.33 bits per heavy atom. The molecule has 1 aromatic rings. The van der Waals surface area contributed by atoms with Crippen LogP contribution in [-0.2, 0) is 4.79 Å². The fourth-order valence-electron chi connectivity index (χ4n) is 1.96. The highest BCUT2D eigenvalue weighted by Crippen LogP contribution is 2.33. The van der Waals surface area contributed by atoms with Gasteiger partial charge in [0.25, 0.3) is 0 Å². The van der Waals surface area contributed by atoms with Crippen LogP contribution in [0.15, 0.2) is 11.4 Å². The predicted molar refractivity (Wildman–Crippen MR) is 60.2 cm³/mol. The van der Waals surface area contributed by atoms with Gasteiger partial charge in [-0.1, -0.05) is 0 Å². The number of aryl methyl sites for hydroxylation is 1. The molecule has 1 aliphatic heterocycles. The van der Waals surface area contributed by atoms with Gasteiger partial charge in [0.05, 0.1) is 5.92 Å². The molecule has 2 rings (SSSR count). The maximum absolute atomic E-state index is 10.7. The van der Waals surface area contributed by atoms with Gasteiger partial charge in [0.15, 0.2) is 0 Å². The normalized spacial score (nSPS) is 19.9. The molecule has 1 unspecified atom stereocenters. The zero-order chi connectivity index (χ0) is 11.0. The number of likely N-dealkylation sites (tertiary alicyclic amines) is 1. The largest absolute Gasteiger partial charge is 0.481 e. The lowest BCUT2D eigenvalue weighted by Crippen LogP contribution is -2.51. The summed E-state index contributed by atoms with van der Waals surface area (Å²) in [7, 11) is 0. The van der Waals surface area contributed by atoms with Crippen molar-refractivity contribution >= 4 is 17.3 Å². The molecule has 1 N–H and O–H groups in total. The highest BCUT2D eigenvalue weighted by molar-refractivity contribution is 7.10. The Labute approximate surface area is 93.3 Å². The molecule has 1 aromatic heterocycles. The Balaban J connectivity index is 1.97. The molecule has 0 aliphatic carbocycles. The number of carboxylic acids is 1. The summed E-state index contributed by atoms with van der Waals surface area (Å²) in [6.07, 6.45) is 0. The second kappa shape index (κ2) is 3.94. The van der Waals surface area contributed by atoms with Crippen molar-refractivity contribution in [2.75, 3.05) is 13.1 Å². The Hall–Kier alpha value is -0.870. The van der Waals surface area contributed by atoms with Crippen molar-refractivity contribution in [2.24, 2.45) is 5.92 Å². The van der Waals surface area contributed by atoms with Gasteiger partial charge in [-0.05, 0) is 30.9 Å². The van der Waals surface area contributed by atoms with Crippen LogP contribution in [-0.4, -0.2) is 29.1 Å². The van der Waals surface area contributed by atoms with Gasteiger partial charge in [-0.15, -0.1) is 11.3 Å². The summed E-state index contributed by atoms with van der Waals surface area (Å²) in [5, 5.41) is 10.9. The number of thiophene rings is 1. The first-order chi connectivity index (χ1) is 7.09. The fraction of sp³-hybridized carbons (Fsp3) is 0.545. The lowest BCUT2D eigenvalue weighted by molar-refractivity contribution is -0.148. The third-order valence-corrected chi connectivity index (χ3v) is 4.28. The topological polar surface area (TPSA) is 40.5 Å². The minimum Gasteiger partial charge on any atom is -0.481 e. The van der Waals surface area contributed by atoms with Crippen molar-refractivity contribution in [2.45, 2.75) is 19.9 Å². The summed E-state index contributed by atoms with van der Waals surface area (Å²) in [6.45, 7) is 5.63. The minimum absolute atomic E-state index is 0.160. The van der Waals surface area contributed by atoms with E-state index in [4.69, 9.17) is 5.11 Å². The number of hydrogen-bond acceptors (Lipinski definition) is 3. The molecule has 3 nitrogen and oxygen atoms in total. The third-order valence-electron chi connectivity index (χ3n) is 3.09. The number of carboxylic acid groups (broad SMARTS) is 1. The van der Waals surface area contributed by atoms with E-state index in [1.165, 1.54) is 10.4 Å². The molecule has 1 fully saturated rings. The standard InChI is InChI=1S/C11H15NO2S/c1-7-3-4-15-10(7)8(2)12-5-9(6-12)11(13)14/h3-4,8-9H,5-6H2,1-2H3,(H,13,14). The van der Waals surface area contributed by atoms with Crippen molar-refractivity contribution in [3.63, 3.8) is 0 Å². The van der Waals surface area contributed by atoms with Crippen LogP contribution in [0.1, 0.15) is 23.4 Å². The summed E-state index contributed by atoms with van der Waals surface area (Å²) in [5.74, 6) is -0.825. The summed E-state index contributed by atoms with van der Waals surface area (Å²) < 4.78 is 0. The summed E-state index contributed by atoms with van der Waals surface area (Å²) in [6, 6.07) is 2.48. The first-order valence-electron chi connectivity index (χ1n) is 5.10. The van der Waals surface area contributed by atoms with Gasteiger partial charge in [-0.25, -0.2) is 0 Å². The number of carbonyl (C=O) groups is 1. The average molecular weight is 225 g/mol. The molecule has 4 heteroatoms. The molecule has 2 heterocycles. The van der Waals surface area contributed by atoms with Crippen LogP contribution in [0.5, 0.6) is 0 Å². The summed E-state index contributed by atoms with van der Waals surface area (Å²) >= 11 is 1.76. The van der Waals surface area contributed by atoms with E-state index in [0.717, 1.165) is 0 Å². The van der Waals surface area contributed by atoms with Crippen LogP contribution in [0.4, 0.5) is 0 Å². The Morgan fingerprint density at radius 3 is 2.80 bits per heavy atom. The molecule has 0 radical (unpaired) electrons. The molecule has 0 saturated carbocycles. The second-order valence-corrected chi connectivity index (χ2v) is 5.08.